The molecular formula is C16H19N3O3. The molecule has 0 aliphatic heterocycles. The minimum absolute atomic E-state index is 0.0326. The van der Waals surface area contributed by atoms with E-state index in [1.54, 1.807) is 7.05 Å². The third-order valence-corrected chi connectivity index (χ3v) is 3.33. The number of benzene rings is 1. The summed E-state index contributed by atoms with van der Waals surface area (Å²) in [6, 6.07) is 10.8. The van der Waals surface area contributed by atoms with E-state index in [0.29, 0.717) is 18.7 Å². The Balaban J connectivity index is 2.11. The van der Waals surface area contributed by atoms with E-state index in [1.165, 1.54) is 21.9 Å². The Hall–Kier alpha value is -2.47. The van der Waals surface area contributed by atoms with Crippen LogP contribution >= 0.6 is 0 Å². The molecule has 1 heterocycles. The number of hydrogen-bond donors (Lipinski definition) is 1. The summed E-state index contributed by atoms with van der Waals surface area (Å²) in [5.41, 5.74) is 1.18. The average Bonchev–Trinajstić information content (AvgIpc) is 2.55. The highest BCUT2D eigenvalue weighted by Crippen LogP contribution is 2.13. The van der Waals surface area contributed by atoms with Crippen molar-refractivity contribution >= 4 is 5.91 Å². The summed E-state index contributed by atoms with van der Waals surface area (Å²) in [6.07, 6.45) is 1.91. The molecule has 6 heteroatoms. The highest BCUT2D eigenvalue weighted by atomic mass is 16.3. The third-order valence-electron chi connectivity index (χ3n) is 3.33. The van der Waals surface area contributed by atoms with Gasteiger partial charge in [-0.15, -0.1) is 0 Å². The summed E-state index contributed by atoms with van der Waals surface area (Å²) < 4.78 is 1.28. The van der Waals surface area contributed by atoms with Crippen LogP contribution in [-0.2, 0) is 11.3 Å². The van der Waals surface area contributed by atoms with Gasteiger partial charge < -0.3 is 10.0 Å². The van der Waals surface area contributed by atoms with Gasteiger partial charge >= 0.3 is 0 Å². The maximum Gasteiger partial charge on any atom is 0.254 e. The minimum Gasteiger partial charge on any atom is -0.396 e. The second-order valence-corrected chi connectivity index (χ2v) is 5.00. The summed E-state index contributed by atoms with van der Waals surface area (Å²) >= 11 is 0. The van der Waals surface area contributed by atoms with Crippen LogP contribution in [0, 0.1) is 0 Å². The number of aliphatic hydroxyl groups is 1. The molecule has 2 aromatic rings. The van der Waals surface area contributed by atoms with Crippen LogP contribution in [0.25, 0.3) is 11.3 Å². The highest BCUT2D eigenvalue weighted by Gasteiger charge is 2.11. The van der Waals surface area contributed by atoms with Gasteiger partial charge in [0.15, 0.2) is 0 Å². The molecule has 1 aromatic heterocycles. The Morgan fingerprint density at radius 2 is 2.05 bits per heavy atom. The second-order valence-electron chi connectivity index (χ2n) is 5.00. The van der Waals surface area contributed by atoms with Crippen LogP contribution in [0.5, 0.6) is 0 Å². The normalized spacial score (nSPS) is 10.5. The van der Waals surface area contributed by atoms with Gasteiger partial charge in [0.2, 0.25) is 5.91 Å². The van der Waals surface area contributed by atoms with Crippen molar-refractivity contribution in [2.45, 2.75) is 13.0 Å². The molecule has 0 aliphatic carbocycles. The molecule has 22 heavy (non-hydrogen) atoms. The maximum absolute atomic E-state index is 12.1. The number of rotatable bonds is 6. The van der Waals surface area contributed by atoms with Crippen LogP contribution in [-0.4, -0.2) is 45.7 Å². The lowest BCUT2D eigenvalue weighted by molar-refractivity contribution is -0.130. The third kappa shape index (κ3) is 4.02. The van der Waals surface area contributed by atoms with Gasteiger partial charge in [-0.3, -0.25) is 14.2 Å². The maximum atomic E-state index is 12.1. The van der Waals surface area contributed by atoms with Crippen molar-refractivity contribution in [3.63, 3.8) is 0 Å². The first-order valence-electron chi connectivity index (χ1n) is 7.08. The predicted octanol–water partition coefficient (Wildman–Crippen LogP) is 0.751. The molecule has 0 bridgehead atoms. The van der Waals surface area contributed by atoms with Crippen molar-refractivity contribution in [2.24, 2.45) is 0 Å². The lowest BCUT2D eigenvalue weighted by Crippen LogP contribution is -2.34. The summed E-state index contributed by atoms with van der Waals surface area (Å²) in [7, 11) is 1.65. The molecular weight excluding hydrogens is 282 g/mol. The van der Waals surface area contributed by atoms with E-state index >= 15 is 0 Å². The lowest BCUT2D eigenvalue weighted by atomic mass is 10.1. The number of likely N-dealkylation sites (N-methyl/N-ethyl adjacent to an activating group) is 1. The molecule has 1 aromatic carbocycles. The van der Waals surface area contributed by atoms with Crippen molar-refractivity contribution in [2.75, 3.05) is 20.2 Å². The van der Waals surface area contributed by atoms with Crippen molar-refractivity contribution in [1.29, 1.82) is 0 Å². The van der Waals surface area contributed by atoms with Gasteiger partial charge in [-0.1, -0.05) is 30.3 Å². The number of aliphatic hydroxyl groups excluding tert-OH is 1. The van der Waals surface area contributed by atoms with Gasteiger partial charge in [-0.25, -0.2) is 4.98 Å². The molecule has 0 aliphatic rings. The zero-order valence-corrected chi connectivity index (χ0v) is 12.5. The van der Waals surface area contributed by atoms with Gasteiger partial charge in [-0.05, 0) is 6.42 Å². The molecule has 0 atom stereocenters. The minimum atomic E-state index is -0.266. The number of hydrogen-bond acceptors (Lipinski definition) is 4. The Labute approximate surface area is 128 Å². The quantitative estimate of drug-likeness (QED) is 0.854. The molecule has 0 saturated carbocycles. The lowest BCUT2D eigenvalue weighted by Gasteiger charge is -2.17. The predicted molar refractivity (Wildman–Crippen MR) is 83.3 cm³/mol. The van der Waals surface area contributed by atoms with E-state index in [4.69, 9.17) is 5.11 Å². The zero-order chi connectivity index (χ0) is 15.9. The van der Waals surface area contributed by atoms with Crippen LogP contribution < -0.4 is 5.56 Å². The first-order valence-corrected chi connectivity index (χ1v) is 7.08. The molecule has 1 N–H and O–H groups in total. The smallest absolute Gasteiger partial charge is 0.254 e. The fraction of sp³-hybridized carbons (Fsp3) is 0.312. The SMILES string of the molecule is CN(CCCO)C(=O)Cn1cnc(-c2ccccc2)cc1=O. The standard InChI is InChI=1S/C16H19N3O3/c1-18(8-5-9-20)16(22)11-19-12-17-14(10-15(19)21)13-6-3-2-4-7-13/h2-4,6-7,10,12,20H,5,8-9,11H2,1H3. The first-order chi connectivity index (χ1) is 10.6. The van der Waals surface area contributed by atoms with E-state index < -0.39 is 0 Å². The van der Waals surface area contributed by atoms with E-state index in [0.717, 1.165) is 5.56 Å². The van der Waals surface area contributed by atoms with Crippen molar-refractivity contribution in [1.82, 2.24) is 14.5 Å². The van der Waals surface area contributed by atoms with Crippen LogP contribution in [0.1, 0.15) is 6.42 Å². The molecule has 0 spiro atoms. The van der Waals surface area contributed by atoms with Crippen LogP contribution in [0.15, 0.2) is 47.5 Å². The Bertz CT molecular complexity index is 683. The molecule has 2 rings (SSSR count). The van der Waals surface area contributed by atoms with E-state index in [2.05, 4.69) is 4.98 Å². The summed E-state index contributed by atoms with van der Waals surface area (Å²) in [6.45, 7) is 0.438. The average molecular weight is 301 g/mol. The fourth-order valence-corrected chi connectivity index (χ4v) is 2.01. The molecule has 0 unspecified atom stereocenters. The monoisotopic (exact) mass is 301 g/mol. The number of carbonyl (C=O) groups is 1. The number of aromatic nitrogens is 2. The van der Waals surface area contributed by atoms with Gasteiger partial charge in [0.05, 0.1) is 12.0 Å². The largest absolute Gasteiger partial charge is 0.396 e. The van der Waals surface area contributed by atoms with Gasteiger partial charge in [-0.2, -0.15) is 0 Å². The Kier molecular flexibility index (Phi) is 5.43. The number of nitrogens with zero attached hydrogens (tertiary/aromatic N) is 3. The molecule has 0 radical (unpaired) electrons. The van der Waals surface area contributed by atoms with E-state index in [1.807, 2.05) is 30.3 Å². The molecule has 6 nitrogen and oxygen atoms in total. The first kappa shape index (κ1) is 15.9. The summed E-state index contributed by atoms with van der Waals surface area (Å²) in [5, 5.41) is 8.77. The van der Waals surface area contributed by atoms with Crippen LogP contribution in [0.4, 0.5) is 0 Å². The van der Waals surface area contributed by atoms with Gasteiger partial charge in [0.1, 0.15) is 6.54 Å². The van der Waals surface area contributed by atoms with Crippen molar-refractivity contribution < 1.29 is 9.90 Å². The topological polar surface area (TPSA) is 75.4 Å². The van der Waals surface area contributed by atoms with Gasteiger partial charge in [0, 0.05) is 31.8 Å². The van der Waals surface area contributed by atoms with Crippen LogP contribution in [0.3, 0.4) is 0 Å². The molecule has 0 fully saturated rings. The zero-order valence-electron chi connectivity index (χ0n) is 12.5. The fourth-order valence-electron chi connectivity index (χ4n) is 2.01. The van der Waals surface area contributed by atoms with E-state index in [-0.39, 0.29) is 24.6 Å². The molecule has 0 saturated heterocycles. The highest BCUT2D eigenvalue weighted by molar-refractivity contribution is 5.75. The molecule has 1 amide bonds. The Morgan fingerprint density at radius 3 is 2.68 bits per heavy atom. The van der Waals surface area contributed by atoms with Gasteiger partial charge in [0.25, 0.3) is 5.56 Å². The summed E-state index contributed by atoms with van der Waals surface area (Å²) in [4.78, 5) is 29.8. The van der Waals surface area contributed by atoms with Crippen LogP contribution in [0.2, 0.25) is 0 Å². The van der Waals surface area contributed by atoms with Crippen molar-refractivity contribution in [3.05, 3.63) is 53.1 Å². The second kappa shape index (κ2) is 7.51. The number of amides is 1. The van der Waals surface area contributed by atoms with Crippen molar-refractivity contribution in [3.8, 4) is 11.3 Å². The summed E-state index contributed by atoms with van der Waals surface area (Å²) in [5.74, 6) is -0.190. The molecule has 116 valence electrons. The Morgan fingerprint density at radius 1 is 1.32 bits per heavy atom. The number of carbonyl (C=O) groups excluding carboxylic acids is 1. The van der Waals surface area contributed by atoms with E-state index in [9.17, 15) is 9.59 Å².